The maximum Gasteiger partial charge on any atom is 0.227 e. The number of halogens is 1. The minimum Gasteiger partial charge on any atom is -0.310 e. The van der Waals surface area contributed by atoms with E-state index in [0.29, 0.717) is 16.4 Å². The first kappa shape index (κ1) is 16.0. The van der Waals surface area contributed by atoms with E-state index in [1.807, 2.05) is 0 Å². The summed E-state index contributed by atoms with van der Waals surface area (Å²) in [5.41, 5.74) is 1.26. The van der Waals surface area contributed by atoms with E-state index in [9.17, 15) is 13.2 Å². The molecule has 2 N–H and O–H groups in total. The molecule has 0 spiro atoms. The molecular formula is C14H15ClN4O3S. The number of carbonyl (C=O) groups is 1. The van der Waals surface area contributed by atoms with Crippen LogP contribution in [0.2, 0.25) is 5.02 Å². The zero-order chi connectivity index (χ0) is 16.6. The molecule has 1 unspecified atom stereocenters. The standard InChI is InChI=1S/C14H15ClN4O3S/c15-11-2-1-3-12(14(11)18-5-4-17-9-18)19-7-10(6-13(19)20)8-23(16,21)22/h1-5,9-10H,6-8H2,(H2,16,21,22). The highest BCUT2D eigenvalue weighted by Gasteiger charge is 2.34. The fraction of sp³-hybridized carbons (Fsp3) is 0.286. The highest BCUT2D eigenvalue weighted by atomic mass is 35.5. The third-order valence-electron chi connectivity index (χ3n) is 3.69. The van der Waals surface area contributed by atoms with Gasteiger partial charge in [-0.05, 0) is 12.1 Å². The minimum atomic E-state index is -3.62. The Morgan fingerprint density at radius 3 is 2.83 bits per heavy atom. The molecule has 1 saturated heterocycles. The first-order chi connectivity index (χ1) is 10.8. The van der Waals surface area contributed by atoms with Crippen molar-refractivity contribution in [1.82, 2.24) is 9.55 Å². The van der Waals surface area contributed by atoms with Gasteiger partial charge in [0.15, 0.2) is 0 Å². The summed E-state index contributed by atoms with van der Waals surface area (Å²) in [5.74, 6) is -0.689. The van der Waals surface area contributed by atoms with Crippen molar-refractivity contribution in [2.45, 2.75) is 6.42 Å². The average Bonchev–Trinajstić information content (AvgIpc) is 3.06. The topological polar surface area (TPSA) is 98.3 Å². The number of para-hydroxylation sites is 1. The van der Waals surface area contributed by atoms with Crippen molar-refractivity contribution >= 4 is 33.2 Å². The molecule has 0 saturated carbocycles. The summed E-state index contributed by atoms with van der Waals surface area (Å²) in [4.78, 5) is 17.9. The number of anilines is 1. The number of amides is 1. The van der Waals surface area contributed by atoms with Crippen LogP contribution in [-0.2, 0) is 14.8 Å². The fourth-order valence-corrected chi connectivity index (χ4v) is 3.97. The summed E-state index contributed by atoms with van der Waals surface area (Å²) in [5, 5.41) is 5.56. The molecule has 1 amide bonds. The van der Waals surface area contributed by atoms with E-state index in [1.54, 1.807) is 46.4 Å². The van der Waals surface area contributed by atoms with E-state index in [4.69, 9.17) is 16.7 Å². The van der Waals surface area contributed by atoms with Gasteiger partial charge >= 0.3 is 0 Å². The van der Waals surface area contributed by atoms with Crippen LogP contribution in [0.1, 0.15) is 6.42 Å². The van der Waals surface area contributed by atoms with Crippen LogP contribution >= 0.6 is 11.6 Å². The summed E-state index contributed by atoms with van der Waals surface area (Å²) < 4.78 is 24.2. The lowest BCUT2D eigenvalue weighted by atomic mass is 10.1. The van der Waals surface area contributed by atoms with Crippen LogP contribution in [0.4, 0.5) is 5.69 Å². The van der Waals surface area contributed by atoms with E-state index in [2.05, 4.69) is 4.98 Å². The molecule has 1 aliphatic heterocycles. The normalized spacial score (nSPS) is 18.6. The maximum absolute atomic E-state index is 12.3. The van der Waals surface area contributed by atoms with Gasteiger partial charge in [-0.3, -0.25) is 4.79 Å². The first-order valence-corrected chi connectivity index (χ1v) is 9.02. The molecule has 2 heterocycles. The minimum absolute atomic E-state index is 0.145. The Kier molecular flexibility index (Phi) is 4.13. The third kappa shape index (κ3) is 3.39. The molecule has 9 heteroatoms. The molecule has 1 aromatic carbocycles. The summed E-state index contributed by atoms with van der Waals surface area (Å²) in [7, 11) is -3.62. The number of nitrogens with two attached hydrogens (primary N) is 1. The van der Waals surface area contributed by atoms with Crippen molar-refractivity contribution in [3.05, 3.63) is 41.9 Å². The summed E-state index contributed by atoms with van der Waals surface area (Å²) >= 11 is 6.29. The molecule has 0 radical (unpaired) electrons. The van der Waals surface area contributed by atoms with Crippen molar-refractivity contribution in [3.8, 4) is 5.69 Å². The number of hydrogen-bond donors (Lipinski definition) is 1. The van der Waals surface area contributed by atoms with Crippen molar-refractivity contribution < 1.29 is 13.2 Å². The second kappa shape index (κ2) is 5.95. The predicted octanol–water partition coefficient (Wildman–Crippen LogP) is 1.17. The van der Waals surface area contributed by atoms with Crippen LogP contribution in [0.15, 0.2) is 36.9 Å². The third-order valence-corrected chi connectivity index (χ3v) is 4.93. The van der Waals surface area contributed by atoms with Gasteiger partial charge in [0.25, 0.3) is 0 Å². The van der Waals surface area contributed by atoms with E-state index in [0.717, 1.165) is 0 Å². The van der Waals surface area contributed by atoms with Gasteiger partial charge in [0.1, 0.15) is 0 Å². The number of rotatable bonds is 4. The van der Waals surface area contributed by atoms with E-state index in [-0.39, 0.29) is 30.5 Å². The highest BCUT2D eigenvalue weighted by molar-refractivity contribution is 7.89. The molecular weight excluding hydrogens is 340 g/mol. The van der Waals surface area contributed by atoms with Crippen molar-refractivity contribution in [2.75, 3.05) is 17.2 Å². The average molecular weight is 355 g/mol. The van der Waals surface area contributed by atoms with Gasteiger partial charge in [0.2, 0.25) is 15.9 Å². The number of sulfonamides is 1. The first-order valence-electron chi connectivity index (χ1n) is 6.93. The highest BCUT2D eigenvalue weighted by Crippen LogP contribution is 2.34. The Labute approximate surface area is 138 Å². The molecule has 0 aliphatic carbocycles. The SMILES string of the molecule is NS(=O)(=O)CC1CC(=O)N(c2cccc(Cl)c2-n2ccnc2)C1. The van der Waals surface area contributed by atoms with Gasteiger partial charge in [-0.15, -0.1) is 0 Å². The number of imidazole rings is 1. The largest absolute Gasteiger partial charge is 0.310 e. The molecule has 1 fully saturated rings. The Bertz CT molecular complexity index is 836. The number of carbonyl (C=O) groups excluding carboxylic acids is 1. The fourth-order valence-electron chi connectivity index (χ4n) is 2.82. The molecule has 122 valence electrons. The van der Waals surface area contributed by atoms with Gasteiger partial charge in [-0.2, -0.15) is 0 Å². The van der Waals surface area contributed by atoms with E-state index < -0.39 is 10.0 Å². The second-order valence-corrected chi connectivity index (χ2v) is 7.55. The Balaban J connectivity index is 1.97. The molecule has 1 atom stereocenters. The van der Waals surface area contributed by atoms with Crippen molar-refractivity contribution in [2.24, 2.45) is 11.1 Å². The number of nitrogens with zero attached hydrogens (tertiary/aromatic N) is 3. The lowest BCUT2D eigenvalue weighted by Gasteiger charge is -2.21. The molecule has 7 nitrogen and oxygen atoms in total. The van der Waals surface area contributed by atoms with Crippen LogP contribution in [0.25, 0.3) is 5.69 Å². The van der Waals surface area contributed by atoms with Gasteiger partial charge in [0.05, 0.1) is 28.5 Å². The molecule has 2 aromatic rings. The molecule has 1 aromatic heterocycles. The maximum atomic E-state index is 12.3. The Morgan fingerprint density at radius 1 is 1.39 bits per heavy atom. The van der Waals surface area contributed by atoms with Gasteiger partial charge < -0.3 is 9.47 Å². The van der Waals surface area contributed by atoms with Crippen molar-refractivity contribution in [1.29, 1.82) is 0 Å². The zero-order valence-electron chi connectivity index (χ0n) is 12.1. The number of hydrogen-bond acceptors (Lipinski definition) is 4. The summed E-state index contributed by atoms with van der Waals surface area (Å²) in [6, 6.07) is 5.25. The predicted molar refractivity (Wildman–Crippen MR) is 87.0 cm³/mol. The second-order valence-electron chi connectivity index (χ2n) is 5.48. The van der Waals surface area contributed by atoms with Crippen LogP contribution < -0.4 is 10.0 Å². The molecule has 3 rings (SSSR count). The number of primary sulfonamides is 1. The van der Waals surface area contributed by atoms with Crippen LogP contribution in [-0.4, -0.2) is 36.2 Å². The van der Waals surface area contributed by atoms with Gasteiger partial charge in [0, 0.05) is 31.3 Å². The molecule has 1 aliphatic rings. The molecule has 0 bridgehead atoms. The van der Waals surface area contributed by atoms with E-state index in [1.165, 1.54) is 0 Å². The van der Waals surface area contributed by atoms with Crippen LogP contribution in [0, 0.1) is 5.92 Å². The quantitative estimate of drug-likeness (QED) is 0.890. The zero-order valence-corrected chi connectivity index (χ0v) is 13.7. The monoisotopic (exact) mass is 354 g/mol. The van der Waals surface area contributed by atoms with E-state index >= 15 is 0 Å². The van der Waals surface area contributed by atoms with Crippen LogP contribution in [0.5, 0.6) is 0 Å². The lowest BCUT2D eigenvalue weighted by Crippen LogP contribution is -2.28. The van der Waals surface area contributed by atoms with Crippen LogP contribution in [0.3, 0.4) is 0 Å². The Hall–Kier alpha value is -1.90. The number of aromatic nitrogens is 2. The summed E-state index contributed by atoms with van der Waals surface area (Å²) in [6.45, 7) is 0.289. The molecule has 23 heavy (non-hydrogen) atoms. The lowest BCUT2D eigenvalue weighted by molar-refractivity contribution is -0.117. The number of benzene rings is 1. The summed E-state index contributed by atoms with van der Waals surface area (Å²) in [6.07, 6.45) is 5.08. The Morgan fingerprint density at radius 2 is 2.17 bits per heavy atom. The smallest absolute Gasteiger partial charge is 0.227 e. The van der Waals surface area contributed by atoms with Crippen molar-refractivity contribution in [3.63, 3.8) is 0 Å². The van der Waals surface area contributed by atoms with Gasteiger partial charge in [-0.25, -0.2) is 18.5 Å². The van der Waals surface area contributed by atoms with Gasteiger partial charge in [-0.1, -0.05) is 17.7 Å².